The highest BCUT2D eigenvalue weighted by Gasteiger charge is 2.12. The Morgan fingerprint density at radius 3 is 2.11 bits per heavy atom. The van der Waals surface area contributed by atoms with Crippen LogP contribution in [-0.2, 0) is 0 Å². The Bertz CT molecular complexity index is 986. The smallest absolute Gasteiger partial charge is 0.255 e. The molecule has 6 heteroatoms. The molecule has 2 amide bonds. The van der Waals surface area contributed by atoms with Gasteiger partial charge >= 0.3 is 0 Å². The lowest BCUT2D eigenvalue weighted by atomic mass is 10.1. The molecule has 0 fully saturated rings. The second-order valence-electron chi connectivity index (χ2n) is 6.29. The first kappa shape index (κ1) is 19.2. The number of anilines is 1. The molecule has 2 N–H and O–H groups in total. The average molecular weight is 380 g/mol. The number of hydrogen-bond donors (Lipinski definition) is 2. The van der Waals surface area contributed by atoms with Gasteiger partial charge in [0.1, 0.15) is 11.6 Å². The predicted octanol–water partition coefficient (Wildman–Crippen LogP) is 4.71. The van der Waals surface area contributed by atoms with E-state index in [1.807, 2.05) is 6.92 Å². The number of carbonyl (C=O) groups is 2. The molecule has 0 heterocycles. The molecular weight excluding hydrogens is 362 g/mol. The minimum absolute atomic E-state index is 0.245. The molecular formula is C22H18F2N2O2. The van der Waals surface area contributed by atoms with E-state index in [-0.39, 0.29) is 23.4 Å². The van der Waals surface area contributed by atoms with Crippen LogP contribution >= 0.6 is 0 Å². The molecule has 0 aliphatic rings. The van der Waals surface area contributed by atoms with Gasteiger partial charge in [-0.3, -0.25) is 9.59 Å². The second kappa shape index (κ2) is 8.43. The third-order valence-corrected chi connectivity index (χ3v) is 4.21. The second-order valence-corrected chi connectivity index (χ2v) is 6.29. The van der Waals surface area contributed by atoms with Crippen molar-refractivity contribution in [1.29, 1.82) is 0 Å². The highest BCUT2D eigenvalue weighted by Crippen LogP contribution is 2.18. The standard InChI is InChI=1S/C22H18F2N2O2/c1-14(25-22(28)17-3-2-4-19(24)13-17)15-7-11-20(12-8-15)26-21(27)16-5-9-18(23)10-6-16/h2-14H,1H3,(H,25,28)(H,26,27). The van der Waals surface area contributed by atoms with Crippen molar-refractivity contribution >= 4 is 17.5 Å². The Balaban J connectivity index is 1.62. The van der Waals surface area contributed by atoms with Gasteiger partial charge in [-0.1, -0.05) is 18.2 Å². The first-order chi connectivity index (χ1) is 13.4. The van der Waals surface area contributed by atoms with Crippen LogP contribution in [0.1, 0.15) is 39.2 Å². The van der Waals surface area contributed by atoms with Crippen LogP contribution in [0.5, 0.6) is 0 Å². The maximum atomic E-state index is 13.2. The Labute approximate surface area is 161 Å². The Morgan fingerprint density at radius 1 is 0.786 bits per heavy atom. The molecule has 0 bridgehead atoms. The van der Waals surface area contributed by atoms with E-state index in [1.54, 1.807) is 30.3 Å². The summed E-state index contributed by atoms with van der Waals surface area (Å²) in [5.74, 6) is -1.60. The molecule has 0 radical (unpaired) electrons. The summed E-state index contributed by atoms with van der Waals surface area (Å²) in [6.07, 6.45) is 0. The zero-order valence-corrected chi connectivity index (χ0v) is 15.1. The summed E-state index contributed by atoms with van der Waals surface area (Å²) < 4.78 is 26.2. The van der Waals surface area contributed by atoms with Crippen LogP contribution in [0.2, 0.25) is 0 Å². The molecule has 4 nitrogen and oxygen atoms in total. The van der Waals surface area contributed by atoms with Crippen molar-refractivity contribution < 1.29 is 18.4 Å². The van der Waals surface area contributed by atoms with E-state index in [4.69, 9.17) is 0 Å². The summed E-state index contributed by atoms with van der Waals surface area (Å²) >= 11 is 0. The molecule has 1 unspecified atom stereocenters. The molecule has 3 rings (SSSR count). The molecule has 3 aromatic rings. The molecule has 142 valence electrons. The lowest BCUT2D eigenvalue weighted by Crippen LogP contribution is -2.26. The third-order valence-electron chi connectivity index (χ3n) is 4.21. The number of amides is 2. The first-order valence-corrected chi connectivity index (χ1v) is 8.66. The van der Waals surface area contributed by atoms with E-state index < -0.39 is 11.6 Å². The van der Waals surface area contributed by atoms with Crippen LogP contribution in [0.15, 0.2) is 72.8 Å². The van der Waals surface area contributed by atoms with Gasteiger partial charge < -0.3 is 10.6 Å². The van der Waals surface area contributed by atoms with Gasteiger partial charge in [-0.15, -0.1) is 0 Å². The van der Waals surface area contributed by atoms with Gasteiger partial charge in [0.15, 0.2) is 0 Å². The molecule has 0 saturated carbocycles. The van der Waals surface area contributed by atoms with Gasteiger partial charge in [-0.25, -0.2) is 8.78 Å². The highest BCUT2D eigenvalue weighted by molar-refractivity contribution is 6.04. The van der Waals surface area contributed by atoms with Gasteiger partial charge in [0.2, 0.25) is 0 Å². The number of nitrogens with one attached hydrogen (secondary N) is 2. The van der Waals surface area contributed by atoms with Crippen molar-refractivity contribution in [3.63, 3.8) is 0 Å². The Morgan fingerprint density at radius 2 is 1.46 bits per heavy atom. The zero-order chi connectivity index (χ0) is 20.1. The Hall–Kier alpha value is -3.54. The fourth-order valence-electron chi connectivity index (χ4n) is 2.65. The SMILES string of the molecule is CC(NC(=O)c1cccc(F)c1)c1ccc(NC(=O)c2ccc(F)cc2)cc1. The number of hydrogen-bond acceptors (Lipinski definition) is 2. The molecule has 0 spiro atoms. The zero-order valence-electron chi connectivity index (χ0n) is 15.1. The van der Waals surface area contributed by atoms with Crippen molar-refractivity contribution in [2.24, 2.45) is 0 Å². The summed E-state index contributed by atoms with van der Waals surface area (Å²) in [6, 6.07) is 17.4. The van der Waals surface area contributed by atoms with Crippen molar-refractivity contribution in [1.82, 2.24) is 5.32 Å². The fourth-order valence-corrected chi connectivity index (χ4v) is 2.65. The monoisotopic (exact) mass is 380 g/mol. The Kier molecular flexibility index (Phi) is 5.79. The molecule has 28 heavy (non-hydrogen) atoms. The van der Waals surface area contributed by atoms with Crippen molar-refractivity contribution in [2.45, 2.75) is 13.0 Å². The molecule has 0 saturated heterocycles. The van der Waals surface area contributed by atoms with E-state index in [9.17, 15) is 18.4 Å². The minimum atomic E-state index is -0.471. The van der Waals surface area contributed by atoms with Gasteiger partial charge in [0.05, 0.1) is 6.04 Å². The summed E-state index contributed by atoms with van der Waals surface area (Å²) in [5.41, 5.74) is 1.99. The fraction of sp³-hybridized carbons (Fsp3) is 0.0909. The summed E-state index contributed by atoms with van der Waals surface area (Å²) in [6.45, 7) is 1.81. The highest BCUT2D eigenvalue weighted by atomic mass is 19.1. The molecule has 0 aromatic heterocycles. The van der Waals surface area contributed by atoms with Crippen LogP contribution in [0, 0.1) is 11.6 Å². The van der Waals surface area contributed by atoms with E-state index in [0.29, 0.717) is 11.3 Å². The predicted molar refractivity (Wildman–Crippen MR) is 103 cm³/mol. The molecule has 1 atom stereocenters. The van der Waals surface area contributed by atoms with Crippen molar-refractivity contribution in [2.75, 3.05) is 5.32 Å². The van der Waals surface area contributed by atoms with Crippen LogP contribution in [0.4, 0.5) is 14.5 Å². The topological polar surface area (TPSA) is 58.2 Å². The summed E-state index contributed by atoms with van der Waals surface area (Å²) in [7, 11) is 0. The number of rotatable bonds is 5. The van der Waals surface area contributed by atoms with Crippen LogP contribution < -0.4 is 10.6 Å². The maximum absolute atomic E-state index is 13.2. The number of halogens is 2. The summed E-state index contributed by atoms with van der Waals surface area (Å²) in [5, 5.41) is 5.53. The normalized spacial score (nSPS) is 11.5. The largest absolute Gasteiger partial charge is 0.346 e. The quantitative estimate of drug-likeness (QED) is 0.674. The van der Waals surface area contributed by atoms with Crippen LogP contribution in [0.3, 0.4) is 0 Å². The van der Waals surface area contributed by atoms with E-state index >= 15 is 0 Å². The van der Waals surface area contributed by atoms with Gasteiger partial charge in [0.25, 0.3) is 11.8 Å². The third kappa shape index (κ3) is 4.79. The molecule has 3 aromatic carbocycles. The van der Waals surface area contributed by atoms with Gasteiger partial charge in [-0.05, 0) is 67.1 Å². The number of carbonyl (C=O) groups excluding carboxylic acids is 2. The van der Waals surface area contributed by atoms with Crippen molar-refractivity contribution in [3.8, 4) is 0 Å². The minimum Gasteiger partial charge on any atom is -0.346 e. The molecule has 0 aliphatic carbocycles. The average Bonchev–Trinajstić information content (AvgIpc) is 2.69. The summed E-state index contributed by atoms with van der Waals surface area (Å²) in [4.78, 5) is 24.4. The van der Waals surface area contributed by atoms with Crippen LogP contribution in [0.25, 0.3) is 0 Å². The maximum Gasteiger partial charge on any atom is 0.255 e. The first-order valence-electron chi connectivity index (χ1n) is 8.66. The van der Waals surface area contributed by atoms with Gasteiger partial charge in [0, 0.05) is 16.8 Å². The lowest BCUT2D eigenvalue weighted by Gasteiger charge is -2.15. The lowest BCUT2D eigenvalue weighted by molar-refractivity contribution is 0.0938. The van der Waals surface area contributed by atoms with Crippen molar-refractivity contribution in [3.05, 3.63) is 101 Å². The van der Waals surface area contributed by atoms with Crippen LogP contribution in [-0.4, -0.2) is 11.8 Å². The number of benzene rings is 3. The van der Waals surface area contributed by atoms with E-state index in [2.05, 4.69) is 10.6 Å². The van der Waals surface area contributed by atoms with E-state index in [0.717, 1.165) is 5.56 Å². The van der Waals surface area contributed by atoms with Gasteiger partial charge in [-0.2, -0.15) is 0 Å². The van der Waals surface area contributed by atoms with E-state index in [1.165, 1.54) is 42.5 Å². The molecule has 0 aliphatic heterocycles.